The highest BCUT2D eigenvalue weighted by Crippen LogP contribution is 2.25. The van der Waals surface area contributed by atoms with Crippen molar-refractivity contribution in [1.29, 1.82) is 0 Å². The molecule has 1 aliphatic carbocycles. The van der Waals surface area contributed by atoms with Gasteiger partial charge >= 0.3 is 0 Å². The van der Waals surface area contributed by atoms with Gasteiger partial charge in [0.1, 0.15) is 5.75 Å². The number of halogens is 2. The van der Waals surface area contributed by atoms with E-state index in [1.165, 1.54) is 5.56 Å². The fraction of sp³-hybridized carbons (Fsp3) is 0.368. The molecule has 0 radical (unpaired) electrons. The number of ether oxygens (including phenoxy) is 1. The van der Waals surface area contributed by atoms with Crippen molar-refractivity contribution in [2.24, 2.45) is 11.7 Å². The van der Waals surface area contributed by atoms with Gasteiger partial charge in [0.15, 0.2) is 0 Å². The minimum Gasteiger partial charge on any atom is -0.439 e. The number of hydrogen-bond donors (Lipinski definition) is 2. The Hall–Kier alpha value is -1.82. The number of rotatable bonds is 4. The molecule has 0 bridgehead atoms. The molecular weight excluding hydrogens is 373 g/mol. The van der Waals surface area contributed by atoms with E-state index in [9.17, 15) is 4.79 Å². The van der Waals surface area contributed by atoms with Gasteiger partial charge in [0.2, 0.25) is 11.8 Å². The van der Waals surface area contributed by atoms with Crippen LogP contribution < -0.4 is 15.8 Å². The average Bonchev–Trinajstić information content (AvgIpc) is 2.59. The molecule has 0 spiro atoms. The van der Waals surface area contributed by atoms with Crippen molar-refractivity contribution in [3.63, 3.8) is 0 Å². The van der Waals surface area contributed by atoms with Crippen LogP contribution in [0.2, 0.25) is 0 Å². The molecule has 1 saturated carbocycles. The van der Waals surface area contributed by atoms with Gasteiger partial charge in [-0.1, -0.05) is 24.1 Å². The molecule has 1 aromatic heterocycles. The summed E-state index contributed by atoms with van der Waals surface area (Å²) in [5, 5.41) is 2.92. The Kier molecular flexibility index (Phi) is 8.85. The molecule has 2 atom stereocenters. The Morgan fingerprint density at radius 2 is 1.88 bits per heavy atom. The quantitative estimate of drug-likeness (QED) is 0.796. The zero-order valence-electron chi connectivity index (χ0n) is 14.7. The first-order chi connectivity index (χ1) is 11.6. The first-order valence-electron chi connectivity index (χ1n) is 8.37. The number of benzene rings is 1. The second-order valence-corrected chi connectivity index (χ2v) is 6.41. The van der Waals surface area contributed by atoms with E-state index in [4.69, 9.17) is 10.5 Å². The number of nitrogens with zero attached hydrogens (tertiary/aromatic N) is 1. The van der Waals surface area contributed by atoms with E-state index in [-0.39, 0.29) is 42.7 Å². The molecule has 1 fully saturated rings. The van der Waals surface area contributed by atoms with Crippen molar-refractivity contribution in [2.75, 3.05) is 5.32 Å². The van der Waals surface area contributed by atoms with Crippen LogP contribution >= 0.6 is 24.8 Å². The van der Waals surface area contributed by atoms with E-state index in [2.05, 4.69) is 10.3 Å². The molecule has 3 rings (SSSR count). The summed E-state index contributed by atoms with van der Waals surface area (Å²) in [6.45, 7) is 2.03. The third kappa shape index (κ3) is 6.16. The van der Waals surface area contributed by atoms with Crippen LogP contribution in [0.3, 0.4) is 0 Å². The molecule has 7 heteroatoms. The third-order valence-corrected chi connectivity index (χ3v) is 4.33. The van der Waals surface area contributed by atoms with Gasteiger partial charge in [-0.2, -0.15) is 0 Å². The van der Waals surface area contributed by atoms with Crippen LogP contribution in [0.5, 0.6) is 11.6 Å². The van der Waals surface area contributed by atoms with E-state index in [1.807, 2.05) is 31.2 Å². The fourth-order valence-corrected chi connectivity index (χ4v) is 2.95. The first kappa shape index (κ1) is 22.2. The molecule has 142 valence electrons. The molecule has 2 aromatic rings. The number of carbonyl (C=O) groups is 1. The maximum Gasteiger partial charge on any atom is 0.227 e. The Morgan fingerprint density at radius 3 is 2.50 bits per heavy atom. The van der Waals surface area contributed by atoms with Gasteiger partial charge < -0.3 is 15.8 Å². The molecule has 1 heterocycles. The van der Waals surface area contributed by atoms with Gasteiger partial charge in [0.25, 0.3) is 0 Å². The van der Waals surface area contributed by atoms with Gasteiger partial charge in [0.05, 0.1) is 11.9 Å². The van der Waals surface area contributed by atoms with E-state index >= 15 is 0 Å². The van der Waals surface area contributed by atoms with Gasteiger partial charge in [-0.25, -0.2) is 4.98 Å². The third-order valence-electron chi connectivity index (χ3n) is 4.33. The summed E-state index contributed by atoms with van der Waals surface area (Å²) in [4.78, 5) is 16.5. The number of nitrogens with one attached hydrogen (secondary N) is 1. The first-order valence-corrected chi connectivity index (χ1v) is 8.37. The van der Waals surface area contributed by atoms with Gasteiger partial charge in [-0.3, -0.25) is 4.79 Å². The molecule has 1 aliphatic rings. The summed E-state index contributed by atoms with van der Waals surface area (Å²) in [7, 11) is 0. The second kappa shape index (κ2) is 10.4. The zero-order chi connectivity index (χ0) is 16.9. The van der Waals surface area contributed by atoms with E-state index in [0.717, 1.165) is 31.4 Å². The predicted octanol–water partition coefficient (Wildman–Crippen LogP) is 4.48. The van der Waals surface area contributed by atoms with E-state index in [1.54, 1.807) is 18.3 Å². The van der Waals surface area contributed by atoms with Crippen LogP contribution in [0.25, 0.3) is 0 Å². The molecule has 0 aliphatic heterocycles. The number of aromatic nitrogens is 1. The molecule has 1 amide bonds. The van der Waals surface area contributed by atoms with Gasteiger partial charge in [-0.15, -0.1) is 24.8 Å². The Balaban J connectivity index is 0.00000169. The topological polar surface area (TPSA) is 77.2 Å². The molecular formula is C19H25Cl2N3O2. The minimum absolute atomic E-state index is 0. The van der Waals surface area contributed by atoms with Crippen LogP contribution in [0.15, 0.2) is 42.6 Å². The highest BCUT2D eigenvalue weighted by atomic mass is 35.5. The van der Waals surface area contributed by atoms with Crippen LogP contribution in [-0.4, -0.2) is 16.9 Å². The summed E-state index contributed by atoms with van der Waals surface area (Å²) in [6, 6.07) is 11.5. The highest BCUT2D eigenvalue weighted by Gasteiger charge is 2.25. The number of carbonyl (C=O) groups excluding carboxylic acids is 1. The number of nitrogens with two attached hydrogens (primary N) is 1. The SMILES string of the molecule is Cc1ccc(Oc2ccc(NC(=O)C3CCCC(N)C3)cn2)cc1.Cl.Cl. The smallest absolute Gasteiger partial charge is 0.227 e. The van der Waals surface area contributed by atoms with Crippen molar-refractivity contribution < 1.29 is 9.53 Å². The van der Waals surface area contributed by atoms with Crippen LogP contribution in [0.1, 0.15) is 31.2 Å². The van der Waals surface area contributed by atoms with Crippen molar-refractivity contribution in [3.05, 3.63) is 48.2 Å². The number of amides is 1. The predicted molar refractivity (Wildman–Crippen MR) is 109 cm³/mol. The lowest BCUT2D eigenvalue weighted by molar-refractivity contribution is -0.120. The molecule has 26 heavy (non-hydrogen) atoms. The summed E-state index contributed by atoms with van der Waals surface area (Å²) in [5.74, 6) is 1.26. The van der Waals surface area contributed by atoms with Crippen LogP contribution in [0.4, 0.5) is 5.69 Å². The molecule has 2 unspecified atom stereocenters. The summed E-state index contributed by atoms with van der Waals surface area (Å²) in [6.07, 6.45) is 5.30. The summed E-state index contributed by atoms with van der Waals surface area (Å²) < 4.78 is 5.68. The zero-order valence-corrected chi connectivity index (χ0v) is 16.3. The Bertz CT molecular complexity index is 693. The number of anilines is 1. The molecule has 0 saturated heterocycles. The normalized spacial score (nSPS) is 18.8. The maximum atomic E-state index is 12.3. The largest absolute Gasteiger partial charge is 0.439 e. The molecule has 1 aromatic carbocycles. The monoisotopic (exact) mass is 397 g/mol. The van der Waals surface area contributed by atoms with Crippen molar-refractivity contribution >= 4 is 36.4 Å². The van der Waals surface area contributed by atoms with Crippen molar-refractivity contribution in [2.45, 2.75) is 38.6 Å². The second-order valence-electron chi connectivity index (χ2n) is 6.41. The van der Waals surface area contributed by atoms with E-state index < -0.39 is 0 Å². The summed E-state index contributed by atoms with van der Waals surface area (Å²) in [5.41, 5.74) is 7.80. The van der Waals surface area contributed by atoms with Crippen molar-refractivity contribution in [3.8, 4) is 11.6 Å². The van der Waals surface area contributed by atoms with E-state index in [0.29, 0.717) is 11.6 Å². The fourth-order valence-electron chi connectivity index (χ4n) is 2.95. The maximum absolute atomic E-state index is 12.3. The number of pyridine rings is 1. The lowest BCUT2D eigenvalue weighted by Crippen LogP contribution is -2.34. The average molecular weight is 398 g/mol. The number of hydrogen-bond acceptors (Lipinski definition) is 4. The van der Waals surface area contributed by atoms with Crippen LogP contribution in [-0.2, 0) is 4.79 Å². The lowest BCUT2D eigenvalue weighted by atomic mass is 9.85. The standard InChI is InChI=1S/C19H23N3O2.2ClH/c1-13-5-8-17(9-6-13)24-18-10-7-16(12-21-18)22-19(23)14-3-2-4-15(20)11-14;;/h5-10,12,14-15H,2-4,11,20H2,1H3,(H,22,23);2*1H. The lowest BCUT2D eigenvalue weighted by Gasteiger charge is -2.25. The Morgan fingerprint density at radius 1 is 1.15 bits per heavy atom. The molecule has 3 N–H and O–H groups in total. The van der Waals surface area contributed by atoms with Gasteiger partial charge in [-0.05, 0) is 44.4 Å². The Labute approximate surface area is 166 Å². The highest BCUT2D eigenvalue weighted by molar-refractivity contribution is 5.92. The summed E-state index contributed by atoms with van der Waals surface area (Å²) >= 11 is 0. The minimum atomic E-state index is -0.00256. The van der Waals surface area contributed by atoms with Crippen molar-refractivity contribution in [1.82, 2.24) is 4.98 Å². The molecule has 5 nitrogen and oxygen atoms in total. The number of aryl methyl sites for hydroxylation is 1. The van der Waals surface area contributed by atoms with Gasteiger partial charge in [0, 0.05) is 18.0 Å². The van der Waals surface area contributed by atoms with Crippen LogP contribution in [0, 0.1) is 12.8 Å².